The van der Waals surface area contributed by atoms with Crippen LogP contribution in [0.2, 0.25) is 0 Å². The van der Waals surface area contributed by atoms with Crippen molar-refractivity contribution in [3.8, 4) is 0 Å². The van der Waals surface area contributed by atoms with E-state index in [1.165, 1.54) is 0 Å². The van der Waals surface area contributed by atoms with Crippen LogP contribution in [0.1, 0.15) is 33.8 Å². The monoisotopic (exact) mass is 433 g/mol. The summed E-state index contributed by atoms with van der Waals surface area (Å²) in [6.07, 6.45) is 0.298. The molecular weight excluding hydrogens is 410 g/mol. The number of hydrogen-bond acceptors (Lipinski definition) is 3. The molecule has 6 rings (SSSR count). The zero-order chi connectivity index (χ0) is 22.6. The number of carbonyl (C=O) groups excluding carboxylic acids is 2. The van der Waals surface area contributed by atoms with Crippen molar-refractivity contribution in [2.45, 2.75) is 17.9 Å². The summed E-state index contributed by atoms with van der Waals surface area (Å²) in [6.45, 7) is 0. The van der Waals surface area contributed by atoms with E-state index in [9.17, 15) is 14.7 Å². The smallest absolute Gasteiger partial charge is 0.231 e. The van der Waals surface area contributed by atoms with Crippen LogP contribution >= 0.6 is 0 Å². The standard InChI is InChI=1S/C29H23NO3/c31-27-22-12-6-7-13-24(22)30-28(32)26-25(27)23(19-9-2-1-3-10-19)17-29(26,33)21-15-14-18-8-4-5-11-20(18)16-21/h1-16,23,25-26,33H,17H2,(H,30,32)/t23-,25-,26-,29+/m1/s1. The summed E-state index contributed by atoms with van der Waals surface area (Å²) in [6, 6.07) is 30.7. The first-order valence-corrected chi connectivity index (χ1v) is 11.3. The van der Waals surface area contributed by atoms with Crippen molar-refractivity contribution in [1.82, 2.24) is 0 Å². The van der Waals surface area contributed by atoms with Gasteiger partial charge in [0, 0.05) is 11.5 Å². The highest BCUT2D eigenvalue weighted by Crippen LogP contribution is 2.56. The number of fused-ring (bicyclic) bond motifs is 3. The molecule has 4 aromatic rings. The average molecular weight is 434 g/mol. The van der Waals surface area contributed by atoms with Gasteiger partial charge in [-0.1, -0.05) is 78.9 Å². The highest BCUT2D eigenvalue weighted by atomic mass is 16.3. The molecule has 1 amide bonds. The molecule has 0 bridgehead atoms. The van der Waals surface area contributed by atoms with E-state index >= 15 is 0 Å². The summed E-state index contributed by atoms with van der Waals surface area (Å²) in [4.78, 5) is 27.5. The molecule has 2 aliphatic rings. The summed E-state index contributed by atoms with van der Waals surface area (Å²) in [5.41, 5.74) is 1.17. The molecule has 1 saturated carbocycles. The molecular formula is C29H23NO3. The topological polar surface area (TPSA) is 66.4 Å². The van der Waals surface area contributed by atoms with Gasteiger partial charge in [-0.15, -0.1) is 0 Å². The van der Waals surface area contributed by atoms with Crippen molar-refractivity contribution < 1.29 is 14.7 Å². The molecule has 4 heteroatoms. The Balaban J connectivity index is 1.56. The molecule has 0 saturated heterocycles. The quantitative estimate of drug-likeness (QED) is 0.452. The maximum atomic E-state index is 13.9. The molecule has 1 fully saturated rings. The van der Waals surface area contributed by atoms with Gasteiger partial charge in [-0.05, 0) is 52.4 Å². The number of ketones is 1. The number of anilines is 1. The Morgan fingerprint density at radius 1 is 0.788 bits per heavy atom. The van der Waals surface area contributed by atoms with Crippen molar-refractivity contribution in [3.63, 3.8) is 0 Å². The third-order valence-electron chi connectivity index (χ3n) is 7.35. The number of aliphatic hydroxyl groups is 1. The second kappa shape index (κ2) is 7.39. The Morgan fingerprint density at radius 2 is 1.48 bits per heavy atom. The molecule has 0 spiro atoms. The van der Waals surface area contributed by atoms with Crippen LogP contribution in [0.15, 0.2) is 97.1 Å². The number of hydrogen-bond donors (Lipinski definition) is 2. The molecule has 4 nitrogen and oxygen atoms in total. The van der Waals surface area contributed by atoms with Gasteiger partial charge < -0.3 is 10.4 Å². The Bertz CT molecular complexity index is 1400. The van der Waals surface area contributed by atoms with Crippen molar-refractivity contribution in [1.29, 1.82) is 0 Å². The number of para-hydroxylation sites is 1. The molecule has 0 unspecified atom stereocenters. The molecule has 1 heterocycles. The molecule has 33 heavy (non-hydrogen) atoms. The first kappa shape index (κ1) is 19.9. The number of Topliss-reactive ketones (excluding diaryl/α,β-unsaturated/α-hetero) is 1. The fourth-order valence-electron chi connectivity index (χ4n) is 5.81. The minimum absolute atomic E-state index is 0.0977. The third kappa shape index (κ3) is 3.02. The number of rotatable bonds is 2. The molecule has 2 N–H and O–H groups in total. The van der Waals surface area contributed by atoms with Crippen LogP contribution in [0.4, 0.5) is 5.69 Å². The molecule has 1 aliphatic carbocycles. The normalized spacial score (nSPS) is 26.4. The zero-order valence-corrected chi connectivity index (χ0v) is 17.9. The highest BCUT2D eigenvalue weighted by Gasteiger charge is 2.60. The van der Waals surface area contributed by atoms with E-state index < -0.39 is 17.4 Å². The minimum atomic E-state index is -1.48. The van der Waals surface area contributed by atoms with Gasteiger partial charge in [-0.3, -0.25) is 9.59 Å². The molecule has 0 radical (unpaired) electrons. The van der Waals surface area contributed by atoms with Gasteiger partial charge >= 0.3 is 0 Å². The summed E-state index contributed by atoms with van der Waals surface area (Å²) < 4.78 is 0. The van der Waals surface area contributed by atoms with Crippen molar-refractivity contribution in [2.75, 3.05) is 5.32 Å². The first-order valence-electron chi connectivity index (χ1n) is 11.3. The van der Waals surface area contributed by atoms with Crippen molar-refractivity contribution >= 4 is 28.2 Å². The van der Waals surface area contributed by atoms with Gasteiger partial charge in [0.1, 0.15) is 5.60 Å². The van der Waals surface area contributed by atoms with E-state index in [0.29, 0.717) is 23.2 Å². The van der Waals surface area contributed by atoms with E-state index in [-0.39, 0.29) is 17.6 Å². The van der Waals surface area contributed by atoms with Crippen molar-refractivity contribution in [3.05, 3.63) is 114 Å². The molecule has 4 aromatic carbocycles. The van der Waals surface area contributed by atoms with Crippen LogP contribution in [0, 0.1) is 11.8 Å². The fourth-order valence-corrected chi connectivity index (χ4v) is 5.81. The van der Waals surface area contributed by atoms with Crippen molar-refractivity contribution in [2.24, 2.45) is 11.8 Å². The third-order valence-corrected chi connectivity index (χ3v) is 7.35. The van der Waals surface area contributed by atoms with Crippen LogP contribution in [0.5, 0.6) is 0 Å². The van der Waals surface area contributed by atoms with Crippen LogP contribution in [-0.2, 0) is 10.4 Å². The summed E-state index contributed by atoms with van der Waals surface area (Å²) in [5.74, 6) is -2.25. The first-order chi connectivity index (χ1) is 16.1. The summed E-state index contributed by atoms with van der Waals surface area (Å²) in [7, 11) is 0. The lowest BCUT2D eigenvalue weighted by Gasteiger charge is -2.31. The van der Waals surface area contributed by atoms with Gasteiger partial charge in [0.25, 0.3) is 0 Å². The lowest BCUT2D eigenvalue weighted by Crippen LogP contribution is -2.41. The van der Waals surface area contributed by atoms with E-state index in [2.05, 4.69) is 5.32 Å². The Hall–Kier alpha value is -3.76. The van der Waals surface area contributed by atoms with Gasteiger partial charge in [-0.25, -0.2) is 0 Å². The fraction of sp³-hybridized carbons (Fsp3) is 0.172. The number of benzene rings is 4. The second-order valence-corrected chi connectivity index (χ2v) is 9.11. The van der Waals surface area contributed by atoms with Crippen LogP contribution in [0.3, 0.4) is 0 Å². The summed E-state index contributed by atoms with van der Waals surface area (Å²) in [5, 5.41) is 17.2. The average Bonchev–Trinajstić information content (AvgIpc) is 3.13. The van der Waals surface area contributed by atoms with E-state index in [1.54, 1.807) is 18.2 Å². The Morgan fingerprint density at radius 3 is 2.30 bits per heavy atom. The molecule has 4 atom stereocenters. The summed E-state index contributed by atoms with van der Waals surface area (Å²) >= 11 is 0. The zero-order valence-electron chi connectivity index (χ0n) is 17.9. The van der Waals surface area contributed by atoms with E-state index in [1.807, 2.05) is 78.9 Å². The minimum Gasteiger partial charge on any atom is -0.384 e. The highest BCUT2D eigenvalue weighted by molar-refractivity contribution is 6.12. The predicted molar refractivity (Wildman–Crippen MR) is 128 cm³/mol. The Labute approximate surface area is 191 Å². The number of amides is 1. The molecule has 1 aliphatic heterocycles. The van der Waals surface area contributed by atoms with Crippen LogP contribution in [-0.4, -0.2) is 16.8 Å². The van der Waals surface area contributed by atoms with Gasteiger partial charge in [-0.2, -0.15) is 0 Å². The second-order valence-electron chi connectivity index (χ2n) is 9.11. The van der Waals surface area contributed by atoms with Gasteiger partial charge in [0.15, 0.2) is 5.78 Å². The van der Waals surface area contributed by atoms with E-state index in [4.69, 9.17) is 0 Å². The molecule has 162 valence electrons. The maximum absolute atomic E-state index is 13.9. The SMILES string of the molecule is O=C1c2ccccc2NC(=O)[C@H]2[C@H]1[C@@H](c1ccccc1)C[C@]2(O)c1ccc2ccccc2c1. The van der Waals surface area contributed by atoms with Gasteiger partial charge in [0.05, 0.1) is 11.6 Å². The lowest BCUT2D eigenvalue weighted by molar-refractivity contribution is -0.129. The predicted octanol–water partition coefficient (Wildman–Crippen LogP) is 5.28. The number of carbonyl (C=O) groups is 2. The molecule has 0 aromatic heterocycles. The van der Waals surface area contributed by atoms with E-state index in [0.717, 1.165) is 16.3 Å². The lowest BCUT2D eigenvalue weighted by atomic mass is 9.77. The maximum Gasteiger partial charge on any atom is 0.231 e. The van der Waals surface area contributed by atoms with Gasteiger partial charge in [0.2, 0.25) is 5.91 Å². The van der Waals surface area contributed by atoms with Crippen LogP contribution < -0.4 is 5.32 Å². The largest absolute Gasteiger partial charge is 0.384 e. The van der Waals surface area contributed by atoms with Crippen LogP contribution in [0.25, 0.3) is 10.8 Å². The Kier molecular flexibility index (Phi) is 4.46. The number of nitrogens with one attached hydrogen (secondary N) is 1.